The molecule has 18 nitrogen and oxygen atoms in total. The molecule has 1 saturated heterocycles. The summed E-state index contributed by atoms with van der Waals surface area (Å²) in [4.78, 5) is 97.8. The summed E-state index contributed by atoms with van der Waals surface area (Å²) in [6, 6.07) is 3.04. The van der Waals surface area contributed by atoms with Crippen molar-refractivity contribution in [2.24, 2.45) is 34.2 Å². The van der Waals surface area contributed by atoms with E-state index < -0.39 is 83.5 Å². The summed E-state index contributed by atoms with van der Waals surface area (Å²) >= 11 is 0. The Balaban J connectivity index is 2.62. The van der Waals surface area contributed by atoms with Crippen molar-refractivity contribution in [2.45, 2.75) is 109 Å². The third kappa shape index (κ3) is 15.8. The molecule has 1 aromatic carbocycles. The number of carboxylic acids is 2. The number of aliphatic imine (C=N–C) groups is 1. The summed E-state index contributed by atoms with van der Waals surface area (Å²) in [5.41, 5.74) is 12.8. The molecule has 1 aliphatic rings. The Labute approximate surface area is 345 Å². The fraction of sp³-hybridized carbons (Fsp3) is 0.561. The van der Waals surface area contributed by atoms with Crippen molar-refractivity contribution in [3.05, 3.63) is 59.7 Å². The quantitative estimate of drug-likeness (QED) is 0.0561. The van der Waals surface area contributed by atoms with Crippen LogP contribution in [-0.4, -0.2) is 120 Å². The topological polar surface area (TPSA) is 285 Å². The minimum atomic E-state index is -1.76. The first-order valence-electron chi connectivity index (χ1n) is 19.7. The molecule has 0 aliphatic carbocycles. The van der Waals surface area contributed by atoms with Gasteiger partial charge in [0.05, 0.1) is 24.0 Å². The second-order valence-electron chi connectivity index (χ2n) is 14.9. The number of benzene rings is 1. The van der Waals surface area contributed by atoms with Gasteiger partial charge in [-0.1, -0.05) is 81.8 Å². The predicted octanol–water partition coefficient (Wildman–Crippen LogP) is 0.848. The van der Waals surface area contributed by atoms with Gasteiger partial charge in [-0.05, 0) is 44.6 Å². The first-order valence-corrected chi connectivity index (χ1v) is 19.7. The number of nitrogens with one attached hydrogen (secondary N) is 4. The van der Waals surface area contributed by atoms with Gasteiger partial charge in [-0.15, -0.1) is 0 Å². The minimum Gasteiger partial charge on any atom is -0.480 e. The zero-order chi connectivity index (χ0) is 44.4. The number of aliphatic carboxylic acids is 2. The van der Waals surface area contributed by atoms with Crippen LogP contribution in [0.5, 0.6) is 0 Å². The molecule has 59 heavy (non-hydrogen) atoms. The van der Waals surface area contributed by atoms with Crippen molar-refractivity contribution in [1.29, 1.82) is 0 Å². The lowest BCUT2D eigenvalue weighted by Crippen LogP contribution is -2.57. The van der Waals surface area contributed by atoms with Gasteiger partial charge in [-0.3, -0.25) is 29.0 Å². The van der Waals surface area contributed by atoms with Gasteiger partial charge >= 0.3 is 11.9 Å². The van der Waals surface area contributed by atoms with Crippen LogP contribution in [-0.2, 0) is 44.7 Å². The number of likely N-dealkylation sites (N-methyl/N-ethyl adjacent to an activating group) is 1. The van der Waals surface area contributed by atoms with E-state index in [0.29, 0.717) is 6.42 Å². The van der Waals surface area contributed by atoms with E-state index in [1.807, 2.05) is 50.3 Å². The van der Waals surface area contributed by atoms with Crippen molar-refractivity contribution in [1.82, 2.24) is 26.2 Å². The number of hydrogen-bond donors (Lipinski definition) is 8. The normalized spacial score (nSPS) is 25.6. The number of carbonyl (C=O) groups excluding carboxylic acids is 5. The first-order chi connectivity index (χ1) is 27.8. The summed E-state index contributed by atoms with van der Waals surface area (Å²) in [7, 11) is 2.95. The molecule has 5 amide bonds. The lowest BCUT2D eigenvalue weighted by molar-refractivity contribution is -0.148. The van der Waals surface area contributed by atoms with E-state index in [0.717, 1.165) is 16.0 Å². The lowest BCUT2D eigenvalue weighted by atomic mass is 9.94. The highest BCUT2D eigenvalue weighted by atomic mass is 16.5. The molecule has 2 rings (SSSR count). The number of hydrogen-bond acceptors (Lipinski definition) is 9. The van der Waals surface area contributed by atoms with Gasteiger partial charge in [0.2, 0.25) is 29.5 Å². The summed E-state index contributed by atoms with van der Waals surface area (Å²) in [6.07, 6.45) is 5.26. The van der Waals surface area contributed by atoms with Crippen LogP contribution in [0.3, 0.4) is 0 Å². The van der Waals surface area contributed by atoms with Crippen molar-refractivity contribution >= 4 is 47.4 Å². The molecule has 0 radical (unpaired) electrons. The number of carboxylic acid groups (broad SMARTS) is 2. The molecule has 0 spiro atoms. The number of nitrogens with two attached hydrogens (primary N) is 2. The average molecular weight is 827 g/mol. The number of allylic oxidation sites excluding steroid dienone is 2. The van der Waals surface area contributed by atoms with Crippen molar-refractivity contribution in [2.75, 3.05) is 20.7 Å². The smallest absolute Gasteiger partial charge is 0.327 e. The standard InChI is InChI=1S/C41H62N8O10/c1-8-31-38(54)48-34(40(57)58)26(5)36(52)46-29(15-12-20-44-41(42)43)37(53)45-28(25(4)35(51)47-30(39(55)56)18-19-33(50)49(31)6)17-16-23(2)21-24(3)32(59-7)22-27-13-10-9-11-14-27/h9-11,13-14,16-17,21,24-26,28-32,34H,8,12,15,18-20,22H2,1-7H3,(H,45,53)(H,46,52)(H,47,51)(H,48,54)(H,55,56)(H,57,58)(H4,42,43,44)/b17-16+,23-21+/t24-,25-,26-,28-,29-,30+,31-,32-,34+/m0/s1. The fourth-order valence-electron chi connectivity index (χ4n) is 6.62. The highest BCUT2D eigenvalue weighted by molar-refractivity contribution is 5.95. The third-order valence-corrected chi connectivity index (χ3v) is 10.4. The average Bonchev–Trinajstić information content (AvgIpc) is 3.19. The maximum absolute atomic E-state index is 14.1. The Morgan fingerprint density at radius 3 is 2.17 bits per heavy atom. The molecule has 0 aromatic heterocycles. The summed E-state index contributed by atoms with van der Waals surface area (Å²) in [5, 5.41) is 30.3. The van der Waals surface area contributed by atoms with Gasteiger partial charge in [-0.25, -0.2) is 9.59 Å². The molecule has 1 fully saturated rings. The number of rotatable bonds is 14. The van der Waals surface area contributed by atoms with Gasteiger partial charge in [0.25, 0.3) is 0 Å². The zero-order valence-electron chi connectivity index (χ0n) is 35.0. The van der Waals surface area contributed by atoms with E-state index in [1.165, 1.54) is 20.9 Å². The maximum Gasteiger partial charge on any atom is 0.327 e. The minimum absolute atomic E-state index is 0.0235. The second kappa shape index (κ2) is 24.2. The van der Waals surface area contributed by atoms with Crippen molar-refractivity contribution < 1.29 is 48.5 Å². The Hall–Kier alpha value is -5.78. The Bertz CT molecular complexity index is 1710. The van der Waals surface area contributed by atoms with Gasteiger partial charge in [0, 0.05) is 33.0 Å². The van der Waals surface area contributed by atoms with Crippen molar-refractivity contribution in [3.63, 3.8) is 0 Å². The second-order valence-corrected chi connectivity index (χ2v) is 14.9. The van der Waals surface area contributed by atoms with Gasteiger partial charge in [0.15, 0.2) is 5.96 Å². The van der Waals surface area contributed by atoms with Crippen LogP contribution in [0.1, 0.15) is 72.3 Å². The molecule has 1 aromatic rings. The SMILES string of the molecule is CC[C@H]1C(=O)N[C@@H](C(=O)O)[C@H](C)C(=O)N[C@@H](CCCN=C(N)N)C(=O)N[C@@H](/C=C/C(C)=C/[C@H](C)[C@H](Cc2ccccc2)OC)[C@H](C)C(=O)N[C@@H](C(=O)O)CCC(=O)N1C. The molecule has 18 heteroatoms. The monoisotopic (exact) mass is 826 g/mol. The molecule has 326 valence electrons. The lowest BCUT2D eigenvalue weighted by Gasteiger charge is -2.29. The first kappa shape index (κ1) is 49.4. The van der Waals surface area contributed by atoms with Crippen LogP contribution in [0.25, 0.3) is 0 Å². The molecule has 1 heterocycles. The van der Waals surface area contributed by atoms with Crippen molar-refractivity contribution in [3.8, 4) is 0 Å². The zero-order valence-corrected chi connectivity index (χ0v) is 35.0. The summed E-state index contributed by atoms with van der Waals surface area (Å²) < 4.78 is 5.79. The highest BCUT2D eigenvalue weighted by Gasteiger charge is 2.37. The molecule has 1 aliphatic heterocycles. The summed E-state index contributed by atoms with van der Waals surface area (Å²) in [6.45, 7) is 8.27. The number of ether oxygens (including phenoxy) is 1. The van der Waals surface area contributed by atoms with Crippen LogP contribution in [0, 0.1) is 17.8 Å². The number of amides is 5. The van der Waals surface area contributed by atoms with E-state index in [4.69, 9.17) is 16.2 Å². The van der Waals surface area contributed by atoms with Crippen LogP contribution in [0.4, 0.5) is 0 Å². The Morgan fingerprint density at radius 2 is 1.59 bits per heavy atom. The van der Waals surface area contributed by atoms with E-state index >= 15 is 0 Å². The molecule has 10 N–H and O–H groups in total. The molecule has 9 atom stereocenters. The molecule has 0 unspecified atom stereocenters. The predicted molar refractivity (Wildman–Crippen MR) is 220 cm³/mol. The number of nitrogens with zero attached hydrogens (tertiary/aromatic N) is 2. The molecular formula is C41H62N8O10. The molecule has 0 saturated carbocycles. The van der Waals surface area contributed by atoms with Crippen LogP contribution in [0.15, 0.2) is 59.1 Å². The largest absolute Gasteiger partial charge is 0.480 e. The van der Waals surface area contributed by atoms with Crippen LogP contribution >= 0.6 is 0 Å². The molecule has 0 bridgehead atoms. The van der Waals surface area contributed by atoms with Gasteiger partial charge < -0.3 is 52.6 Å². The molecular weight excluding hydrogens is 764 g/mol. The van der Waals surface area contributed by atoms with Crippen LogP contribution in [0.2, 0.25) is 0 Å². The maximum atomic E-state index is 14.1. The van der Waals surface area contributed by atoms with E-state index in [1.54, 1.807) is 26.2 Å². The van der Waals surface area contributed by atoms with E-state index in [-0.39, 0.29) is 56.6 Å². The number of guanidine groups is 1. The third-order valence-electron chi connectivity index (χ3n) is 10.4. The fourth-order valence-corrected chi connectivity index (χ4v) is 6.62. The highest BCUT2D eigenvalue weighted by Crippen LogP contribution is 2.19. The van der Waals surface area contributed by atoms with Gasteiger partial charge in [-0.2, -0.15) is 0 Å². The number of methoxy groups -OCH3 is 1. The van der Waals surface area contributed by atoms with E-state index in [9.17, 15) is 43.8 Å². The Morgan fingerprint density at radius 1 is 0.949 bits per heavy atom. The number of carbonyl (C=O) groups is 7. The van der Waals surface area contributed by atoms with Gasteiger partial charge in [0.1, 0.15) is 24.2 Å². The summed E-state index contributed by atoms with van der Waals surface area (Å²) in [5.74, 6) is -9.57. The van der Waals surface area contributed by atoms with Crippen LogP contribution < -0.4 is 32.7 Å². The Kier molecular flexibility index (Phi) is 20.3. The van der Waals surface area contributed by atoms with E-state index in [2.05, 4.69) is 26.3 Å².